The fourth-order valence-electron chi connectivity index (χ4n) is 4.17. The molecule has 3 rings (SSSR count). The SMILES string of the molecule is CCC(C1CCCc2cc(OC)ccc21)N(C)CCc1ccco1. The van der Waals surface area contributed by atoms with Gasteiger partial charge in [0.25, 0.3) is 0 Å². The summed E-state index contributed by atoms with van der Waals surface area (Å²) >= 11 is 0. The van der Waals surface area contributed by atoms with E-state index in [0.29, 0.717) is 12.0 Å². The maximum absolute atomic E-state index is 5.48. The molecule has 130 valence electrons. The lowest BCUT2D eigenvalue weighted by molar-refractivity contribution is 0.192. The van der Waals surface area contributed by atoms with Crippen LogP contribution >= 0.6 is 0 Å². The van der Waals surface area contributed by atoms with E-state index in [-0.39, 0.29) is 0 Å². The minimum absolute atomic E-state index is 0.576. The number of ether oxygens (including phenoxy) is 1. The van der Waals surface area contributed by atoms with Gasteiger partial charge >= 0.3 is 0 Å². The summed E-state index contributed by atoms with van der Waals surface area (Å²) in [6.45, 7) is 3.35. The van der Waals surface area contributed by atoms with Crippen LogP contribution in [-0.4, -0.2) is 31.6 Å². The van der Waals surface area contributed by atoms with Gasteiger partial charge in [-0.2, -0.15) is 0 Å². The number of nitrogens with zero attached hydrogens (tertiary/aromatic N) is 1. The Morgan fingerprint density at radius 1 is 1.33 bits per heavy atom. The van der Waals surface area contributed by atoms with Crippen LogP contribution in [0.15, 0.2) is 41.0 Å². The number of methoxy groups -OCH3 is 1. The molecule has 0 fully saturated rings. The summed E-state index contributed by atoms with van der Waals surface area (Å²) in [6, 6.07) is 11.3. The normalized spacial score (nSPS) is 18.4. The van der Waals surface area contributed by atoms with Crippen molar-refractivity contribution >= 4 is 0 Å². The minimum atomic E-state index is 0.576. The molecule has 0 saturated heterocycles. The molecular weight excluding hydrogens is 298 g/mol. The molecule has 0 bridgehead atoms. The van der Waals surface area contributed by atoms with Crippen molar-refractivity contribution in [1.82, 2.24) is 4.90 Å². The predicted octanol–water partition coefficient (Wildman–Crippen LogP) is 4.66. The Bertz CT molecular complexity index is 635. The number of hydrogen-bond acceptors (Lipinski definition) is 3. The summed E-state index contributed by atoms with van der Waals surface area (Å²) in [6.07, 6.45) is 7.64. The number of aryl methyl sites for hydroxylation is 1. The average molecular weight is 327 g/mol. The summed E-state index contributed by atoms with van der Waals surface area (Å²) in [5, 5.41) is 0. The summed E-state index contributed by atoms with van der Waals surface area (Å²) in [5.74, 6) is 2.67. The van der Waals surface area contributed by atoms with Crippen molar-refractivity contribution in [2.45, 2.75) is 51.0 Å². The van der Waals surface area contributed by atoms with Crippen molar-refractivity contribution in [2.75, 3.05) is 20.7 Å². The molecule has 0 amide bonds. The first-order valence-corrected chi connectivity index (χ1v) is 9.12. The van der Waals surface area contributed by atoms with Gasteiger partial charge in [0.1, 0.15) is 11.5 Å². The van der Waals surface area contributed by atoms with E-state index in [9.17, 15) is 0 Å². The molecule has 1 aromatic carbocycles. The fourth-order valence-corrected chi connectivity index (χ4v) is 4.17. The number of furan rings is 1. The first-order chi connectivity index (χ1) is 11.7. The molecule has 2 aromatic rings. The van der Waals surface area contributed by atoms with E-state index in [1.807, 2.05) is 6.07 Å². The van der Waals surface area contributed by atoms with Crippen molar-refractivity contribution in [2.24, 2.45) is 0 Å². The zero-order valence-corrected chi connectivity index (χ0v) is 15.1. The van der Waals surface area contributed by atoms with Gasteiger partial charge in [0.15, 0.2) is 0 Å². The predicted molar refractivity (Wildman–Crippen MR) is 97.8 cm³/mol. The molecule has 0 N–H and O–H groups in total. The highest BCUT2D eigenvalue weighted by atomic mass is 16.5. The molecule has 1 aromatic heterocycles. The monoisotopic (exact) mass is 327 g/mol. The van der Waals surface area contributed by atoms with Gasteiger partial charge in [-0.15, -0.1) is 0 Å². The molecule has 2 unspecified atom stereocenters. The third-order valence-corrected chi connectivity index (χ3v) is 5.45. The van der Waals surface area contributed by atoms with E-state index < -0.39 is 0 Å². The number of benzene rings is 1. The molecular formula is C21H29NO2. The van der Waals surface area contributed by atoms with Crippen LogP contribution in [0, 0.1) is 0 Å². The van der Waals surface area contributed by atoms with E-state index >= 15 is 0 Å². The van der Waals surface area contributed by atoms with Gasteiger partial charge in [-0.3, -0.25) is 0 Å². The van der Waals surface area contributed by atoms with Crippen LogP contribution in [0.1, 0.15) is 49.0 Å². The zero-order chi connectivity index (χ0) is 16.9. The van der Waals surface area contributed by atoms with Crippen molar-refractivity contribution in [3.05, 3.63) is 53.5 Å². The fraction of sp³-hybridized carbons (Fsp3) is 0.524. The molecule has 24 heavy (non-hydrogen) atoms. The Morgan fingerprint density at radius 2 is 2.21 bits per heavy atom. The molecule has 0 spiro atoms. The third-order valence-electron chi connectivity index (χ3n) is 5.45. The quantitative estimate of drug-likeness (QED) is 0.739. The Hall–Kier alpha value is -1.74. The van der Waals surface area contributed by atoms with Gasteiger partial charge < -0.3 is 14.1 Å². The second-order valence-electron chi connectivity index (χ2n) is 6.85. The molecule has 0 radical (unpaired) electrons. The largest absolute Gasteiger partial charge is 0.497 e. The molecule has 0 aliphatic heterocycles. The summed E-state index contributed by atoms with van der Waals surface area (Å²) < 4.78 is 10.9. The highest BCUT2D eigenvalue weighted by Crippen LogP contribution is 2.38. The van der Waals surface area contributed by atoms with Crippen molar-refractivity contribution in [1.29, 1.82) is 0 Å². The van der Waals surface area contributed by atoms with E-state index in [2.05, 4.69) is 43.1 Å². The zero-order valence-electron chi connectivity index (χ0n) is 15.1. The van der Waals surface area contributed by atoms with Gasteiger partial charge in [0, 0.05) is 19.0 Å². The molecule has 1 aliphatic carbocycles. The van der Waals surface area contributed by atoms with E-state index in [1.54, 1.807) is 13.4 Å². The molecule has 0 saturated carbocycles. The van der Waals surface area contributed by atoms with Crippen molar-refractivity contribution in [3.8, 4) is 5.75 Å². The highest BCUT2D eigenvalue weighted by Gasteiger charge is 2.29. The van der Waals surface area contributed by atoms with Crippen LogP contribution in [0.4, 0.5) is 0 Å². The lowest BCUT2D eigenvalue weighted by Gasteiger charge is -2.37. The van der Waals surface area contributed by atoms with Gasteiger partial charge in [0.2, 0.25) is 0 Å². The molecule has 1 heterocycles. The van der Waals surface area contributed by atoms with Gasteiger partial charge in [-0.05, 0) is 74.0 Å². The molecule has 3 heteroatoms. The first kappa shape index (κ1) is 17.1. The standard InChI is InChI=1S/C21H29NO2/c1-4-21(22(2)13-12-17-8-6-14-24-17)20-9-5-7-16-15-18(23-3)10-11-19(16)20/h6,8,10-11,14-15,20-21H,4-5,7,9,12-13H2,1-3H3. The summed E-state index contributed by atoms with van der Waals surface area (Å²) in [5.41, 5.74) is 3.00. The van der Waals surface area contributed by atoms with Gasteiger partial charge in [0.05, 0.1) is 13.4 Å². The Labute approximate surface area is 145 Å². The third kappa shape index (κ3) is 3.67. The molecule has 3 nitrogen and oxygen atoms in total. The Kier molecular flexibility index (Phi) is 5.62. The average Bonchev–Trinajstić information content (AvgIpc) is 3.13. The Morgan fingerprint density at radius 3 is 2.92 bits per heavy atom. The van der Waals surface area contributed by atoms with Crippen LogP contribution in [0.3, 0.4) is 0 Å². The Balaban J connectivity index is 1.73. The highest BCUT2D eigenvalue weighted by molar-refractivity contribution is 5.40. The second kappa shape index (κ2) is 7.89. The van der Waals surface area contributed by atoms with Gasteiger partial charge in [-0.25, -0.2) is 0 Å². The van der Waals surface area contributed by atoms with Crippen molar-refractivity contribution < 1.29 is 9.15 Å². The lowest BCUT2D eigenvalue weighted by Crippen LogP contribution is -2.39. The van der Waals surface area contributed by atoms with Crippen LogP contribution in [0.2, 0.25) is 0 Å². The lowest BCUT2D eigenvalue weighted by atomic mass is 9.77. The second-order valence-corrected chi connectivity index (χ2v) is 6.85. The minimum Gasteiger partial charge on any atom is -0.497 e. The van der Waals surface area contributed by atoms with E-state index in [1.165, 1.54) is 36.8 Å². The molecule has 1 aliphatic rings. The molecule has 2 atom stereocenters. The van der Waals surface area contributed by atoms with E-state index in [0.717, 1.165) is 24.5 Å². The van der Waals surface area contributed by atoms with Crippen LogP contribution in [-0.2, 0) is 12.8 Å². The topological polar surface area (TPSA) is 25.6 Å². The number of hydrogen-bond donors (Lipinski definition) is 0. The number of rotatable bonds is 7. The van der Waals surface area contributed by atoms with Crippen LogP contribution in [0.25, 0.3) is 0 Å². The first-order valence-electron chi connectivity index (χ1n) is 9.12. The van der Waals surface area contributed by atoms with Crippen molar-refractivity contribution in [3.63, 3.8) is 0 Å². The van der Waals surface area contributed by atoms with Crippen LogP contribution < -0.4 is 4.74 Å². The number of likely N-dealkylation sites (N-methyl/N-ethyl adjacent to an activating group) is 1. The summed E-state index contributed by atoms with van der Waals surface area (Å²) in [7, 11) is 4.01. The van der Waals surface area contributed by atoms with Gasteiger partial charge in [-0.1, -0.05) is 13.0 Å². The van der Waals surface area contributed by atoms with Crippen LogP contribution in [0.5, 0.6) is 5.75 Å². The number of fused-ring (bicyclic) bond motifs is 1. The maximum atomic E-state index is 5.48. The van der Waals surface area contributed by atoms with E-state index in [4.69, 9.17) is 9.15 Å². The maximum Gasteiger partial charge on any atom is 0.119 e. The smallest absolute Gasteiger partial charge is 0.119 e. The summed E-state index contributed by atoms with van der Waals surface area (Å²) in [4.78, 5) is 2.52.